The third-order valence-corrected chi connectivity index (χ3v) is 4.56. The number of rotatable bonds is 5. The Bertz CT molecular complexity index is 756. The Kier molecular flexibility index (Phi) is 6.45. The molecule has 1 aliphatic heterocycles. The molecule has 142 valence electrons. The van der Waals surface area contributed by atoms with Gasteiger partial charge in [0.25, 0.3) is 0 Å². The number of phenolic OH excluding ortho intramolecular Hbond substituents is 2. The van der Waals surface area contributed by atoms with Crippen LogP contribution in [0.1, 0.15) is 22.7 Å². The van der Waals surface area contributed by atoms with Gasteiger partial charge in [0.05, 0.1) is 21.3 Å². The van der Waals surface area contributed by atoms with Gasteiger partial charge in [-0.2, -0.15) is 0 Å². The number of ether oxygens (including phenoxy) is 3. The molecular formula is C19H24ClNO5. The van der Waals surface area contributed by atoms with Crippen molar-refractivity contribution in [3.05, 3.63) is 41.0 Å². The molecule has 1 heterocycles. The number of fused-ring (bicyclic) bond motifs is 1. The molecule has 0 fully saturated rings. The number of halogens is 1. The van der Waals surface area contributed by atoms with E-state index in [-0.39, 0.29) is 29.9 Å². The van der Waals surface area contributed by atoms with Gasteiger partial charge in [0.15, 0.2) is 23.0 Å². The average molecular weight is 382 g/mol. The summed E-state index contributed by atoms with van der Waals surface area (Å²) in [5, 5.41) is 23.1. The van der Waals surface area contributed by atoms with Crippen LogP contribution in [0.25, 0.3) is 0 Å². The van der Waals surface area contributed by atoms with Crippen molar-refractivity contribution in [1.29, 1.82) is 0 Å². The van der Waals surface area contributed by atoms with Crippen LogP contribution in [0.2, 0.25) is 0 Å². The van der Waals surface area contributed by atoms with Crippen LogP contribution in [0.5, 0.6) is 28.7 Å². The Hall–Kier alpha value is -2.31. The van der Waals surface area contributed by atoms with E-state index in [2.05, 4.69) is 5.32 Å². The van der Waals surface area contributed by atoms with E-state index in [9.17, 15) is 10.2 Å². The zero-order valence-electron chi connectivity index (χ0n) is 15.0. The first-order valence-electron chi connectivity index (χ1n) is 8.14. The molecule has 3 rings (SSSR count). The molecule has 3 N–H and O–H groups in total. The molecule has 0 saturated carbocycles. The van der Waals surface area contributed by atoms with Gasteiger partial charge in [-0.05, 0) is 60.3 Å². The molecule has 7 heteroatoms. The monoisotopic (exact) mass is 381 g/mol. The first-order valence-corrected chi connectivity index (χ1v) is 8.14. The van der Waals surface area contributed by atoms with Crippen LogP contribution in [0.3, 0.4) is 0 Å². The van der Waals surface area contributed by atoms with E-state index in [4.69, 9.17) is 14.2 Å². The maximum Gasteiger partial charge on any atom is 0.203 e. The molecule has 0 radical (unpaired) electrons. The molecule has 1 aliphatic rings. The van der Waals surface area contributed by atoms with Gasteiger partial charge in [0.2, 0.25) is 5.75 Å². The molecule has 0 aliphatic carbocycles. The predicted molar refractivity (Wildman–Crippen MR) is 101 cm³/mol. The minimum atomic E-state index is -0.0997. The summed E-state index contributed by atoms with van der Waals surface area (Å²) in [4.78, 5) is 0. The maximum atomic E-state index is 9.86. The largest absolute Gasteiger partial charge is 0.504 e. The van der Waals surface area contributed by atoms with Crippen LogP contribution in [0.4, 0.5) is 0 Å². The average Bonchev–Trinajstić information content (AvgIpc) is 2.62. The summed E-state index contributed by atoms with van der Waals surface area (Å²) >= 11 is 0. The second-order valence-electron chi connectivity index (χ2n) is 6.03. The first-order chi connectivity index (χ1) is 12.1. The zero-order chi connectivity index (χ0) is 18.0. The second-order valence-corrected chi connectivity index (χ2v) is 6.03. The van der Waals surface area contributed by atoms with Crippen LogP contribution < -0.4 is 19.5 Å². The minimum absolute atomic E-state index is 0. The number of benzene rings is 2. The molecule has 0 amide bonds. The number of nitrogens with one attached hydrogen (secondary N) is 1. The maximum absolute atomic E-state index is 9.86. The smallest absolute Gasteiger partial charge is 0.203 e. The fourth-order valence-corrected chi connectivity index (χ4v) is 3.34. The van der Waals surface area contributed by atoms with Gasteiger partial charge in [0, 0.05) is 6.04 Å². The molecule has 26 heavy (non-hydrogen) atoms. The van der Waals surface area contributed by atoms with Crippen molar-refractivity contribution in [2.75, 3.05) is 27.9 Å². The third-order valence-electron chi connectivity index (χ3n) is 4.56. The Morgan fingerprint density at radius 1 is 0.962 bits per heavy atom. The van der Waals surface area contributed by atoms with Crippen molar-refractivity contribution in [1.82, 2.24) is 5.32 Å². The highest BCUT2D eigenvalue weighted by molar-refractivity contribution is 5.85. The van der Waals surface area contributed by atoms with Crippen molar-refractivity contribution in [2.45, 2.75) is 18.9 Å². The van der Waals surface area contributed by atoms with Crippen LogP contribution in [0.15, 0.2) is 24.3 Å². The number of aromatic hydroxyl groups is 2. The summed E-state index contributed by atoms with van der Waals surface area (Å²) in [7, 11) is 4.76. The van der Waals surface area contributed by atoms with Gasteiger partial charge in [-0.25, -0.2) is 0 Å². The van der Waals surface area contributed by atoms with Crippen LogP contribution in [-0.2, 0) is 12.8 Å². The normalized spacial score (nSPS) is 15.6. The standard InChI is InChI=1S/C19H23NO5.ClH/c1-23-17-7-11(8-18(24-2)19(17)25-3)6-14-13-10-16(22)15(21)9-12(13)4-5-20-14;/h7-10,14,20-22H,4-6H2,1-3H3;1H. The molecular weight excluding hydrogens is 358 g/mol. The molecule has 1 atom stereocenters. The fourth-order valence-electron chi connectivity index (χ4n) is 3.34. The number of phenols is 2. The van der Waals surface area contributed by atoms with Gasteiger partial charge in [-0.15, -0.1) is 12.4 Å². The van der Waals surface area contributed by atoms with Crippen molar-refractivity contribution >= 4 is 12.4 Å². The van der Waals surface area contributed by atoms with E-state index >= 15 is 0 Å². The zero-order valence-corrected chi connectivity index (χ0v) is 15.9. The van der Waals surface area contributed by atoms with E-state index in [1.54, 1.807) is 33.5 Å². The Morgan fingerprint density at radius 3 is 2.15 bits per heavy atom. The van der Waals surface area contributed by atoms with Crippen LogP contribution in [0, 0.1) is 0 Å². The van der Waals surface area contributed by atoms with Crippen molar-refractivity contribution in [3.63, 3.8) is 0 Å². The molecule has 0 spiro atoms. The minimum Gasteiger partial charge on any atom is -0.504 e. The molecule has 2 aromatic rings. The first kappa shape index (κ1) is 20.0. The predicted octanol–water partition coefficient (Wildman–Crippen LogP) is 2.97. The molecule has 6 nitrogen and oxygen atoms in total. The van der Waals surface area contributed by atoms with Gasteiger partial charge in [-0.3, -0.25) is 0 Å². The van der Waals surface area contributed by atoms with Gasteiger partial charge < -0.3 is 29.7 Å². The number of hydrogen-bond donors (Lipinski definition) is 3. The molecule has 0 bridgehead atoms. The summed E-state index contributed by atoms with van der Waals surface area (Å²) in [6.07, 6.45) is 1.50. The highest BCUT2D eigenvalue weighted by Crippen LogP contribution is 2.40. The lowest BCUT2D eigenvalue weighted by molar-refractivity contribution is 0.323. The topological polar surface area (TPSA) is 80.2 Å². The highest BCUT2D eigenvalue weighted by Gasteiger charge is 2.23. The highest BCUT2D eigenvalue weighted by atomic mass is 35.5. The van der Waals surface area contributed by atoms with Crippen molar-refractivity contribution in [2.24, 2.45) is 0 Å². The molecule has 2 aromatic carbocycles. The van der Waals surface area contributed by atoms with Crippen LogP contribution in [-0.4, -0.2) is 38.1 Å². The van der Waals surface area contributed by atoms with Crippen molar-refractivity contribution in [3.8, 4) is 28.7 Å². The van der Waals surface area contributed by atoms with Crippen molar-refractivity contribution < 1.29 is 24.4 Å². The number of hydrogen-bond acceptors (Lipinski definition) is 6. The Morgan fingerprint density at radius 2 is 1.58 bits per heavy atom. The molecule has 1 unspecified atom stereocenters. The second kappa shape index (κ2) is 8.38. The lowest BCUT2D eigenvalue weighted by atomic mass is 9.89. The summed E-state index contributed by atoms with van der Waals surface area (Å²) in [5.41, 5.74) is 3.06. The lowest BCUT2D eigenvalue weighted by Crippen LogP contribution is -2.31. The summed E-state index contributed by atoms with van der Waals surface area (Å²) in [6, 6.07) is 7.17. The van der Waals surface area contributed by atoms with E-state index in [1.807, 2.05) is 12.1 Å². The lowest BCUT2D eigenvalue weighted by Gasteiger charge is -2.28. The Balaban J connectivity index is 0.00000243. The number of methoxy groups -OCH3 is 3. The van der Waals surface area contributed by atoms with E-state index in [0.717, 1.165) is 29.7 Å². The summed E-state index contributed by atoms with van der Waals surface area (Å²) in [6.45, 7) is 0.812. The SMILES string of the molecule is COc1cc(CC2NCCc3cc(O)c(O)cc32)cc(OC)c1OC.Cl. The molecule has 0 saturated heterocycles. The van der Waals surface area contributed by atoms with E-state index in [0.29, 0.717) is 23.7 Å². The van der Waals surface area contributed by atoms with Crippen LogP contribution >= 0.6 is 12.4 Å². The fraction of sp³-hybridized carbons (Fsp3) is 0.368. The van der Waals surface area contributed by atoms with Gasteiger partial charge in [0.1, 0.15) is 0 Å². The van der Waals surface area contributed by atoms with E-state index < -0.39 is 0 Å². The quantitative estimate of drug-likeness (QED) is 0.691. The molecule has 0 aromatic heterocycles. The van der Waals surface area contributed by atoms with Gasteiger partial charge in [-0.1, -0.05) is 0 Å². The third kappa shape index (κ3) is 3.76. The van der Waals surface area contributed by atoms with E-state index in [1.165, 1.54) is 0 Å². The Labute approximate surface area is 159 Å². The van der Waals surface area contributed by atoms with Gasteiger partial charge >= 0.3 is 0 Å². The summed E-state index contributed by atoms with van der Waals surface area (Å²) < 4.78 is 16.2. The summed E-state index contributed by atoms with van der Waals surface area (Å²) in [5.74, 6) is 1.61.